The zero-order valence-corrected chi connectivity index (χ0v) is 12.8. The van der Waals surface area contributed by atoms with Crippen LogP contribution in [0.15, 0.2) is 35.0 Å². The van der Waals surface area contributed by atoms with Crippen LogP contribution >= 0.6 is 22.7 Å². The minimum absolute atomic E-state index is 0.243. The molecule has 21 heavy (non-hydrogen) atoms. The Labute approximate surface area is 129 Å². The summed E-state index contributed by atoms with van der Waals surface area (Å²) in [5.41, 5.74) is 8.58. The molecular formula is C14H12N4OS2. The molecule has 2 aromatic heterocycles. The van der Waals surface area contributed by atoms with Crippen LogP contribution < -0.4 is 11.1 Å². The first-order chi connectivity index (χ1) is 10.1. The first-order valence-corrected chi connectivity index (χ1v) is 7.92. The van der Waals surface area contributed by atoms with E-state index in [1.165, 1.54) is 22.7 Å². The van der Waals surface area contributed by atoms with E-state index in [1.54, 1.807) is 5.38 Å². The highest BCUT2D eigenvalue weighted by atomic mass is 32.1. The molecular weight excluding hydrogens is 304 g/mol. The van der Waals surface area contributed by atoms with Crippen molar-refractivity contribution in [1.29, 1.82) is 0 Å². The SMILES string of the molecule is Cc1nc(C(=O)Nc2nc(-c3cccc(N)c3)cs2)cs1. The third kappa shape index (κ3) is 3.09. The predicted octanol–water partition coefficient (Wildman–Crippen LogP) is 3.41. The van der Waals surface area contributed by atoms with Gasteiger partial charge >= 0.3 is 0 Å². The van der Waals surface area contributed by atoms with Gasteiger partial charge < -0.3 is 5.73 Å². The number of nitrogens with zero attached hydrogens (tertiary/aromatic N) is 2. The van der Waals surface area contributed by atoms with Crippen LogP contribution in [0.4, 0.5) is 10.8 Å². The molecule has 0 bridgehead atoms. The van der Waals surface area contributed by atoms with E-state index in [9.17, 15) is 4.79 Å². The highest BCUT2D eigenvalue weighted by Gasteiger charge is 2.12. The fraction of sp³-hybridized carbons (Fsp3) is 0.0714. The van der Waals surface area contributed by atoms with Crippen molar-refractivity contribution in [3.63, 3.8) is 0 Å². The maximum atomic E-state index is 12.0. The van der Waals surface area contributed by atoms with Gasteiger partial charge in [0, 0.05) is 22.0 Å². The maximum absolute atomic E-state index is 12.0. The van der Waals surface area contributed by atoms with Crippen molar-refractivity contribution in [1.82, 2.24) is 9.97 Å². The summed E-state index contributed by atoms with van der Waals surface area (Å²) in [6.45, 7) is 1.86. The molecule has 1 amide bonds. The molecule has 0 aliphatic heterocycles. The Bertz CT molecular complexity index is 794. The lowest BCUT2D eigenvalue weighted by Crippen LogP contribution is -2.12. The number of hydrogen-bond donors (Lipinski definition) is 2. The van der Waals surface area contributed by atoms with E-state index in [-0.39, 0.29) is 5.91 Å². The number of benzene rings is 1. The summed E-state index contributed by atoms with van der Waals surface area (Å²) in [5, 5.41) is 7.78. The molecule has 106 valence electrons. The highest BCUT2D eigenvalue weighted by molar-refractivity contribution is 7.14. The third-order valence-corrected chi connectivity index (χ3v) is 4.29. The molecule has 0 fully saturated rings. The molecule has 0 saturated carbocycles. The predicted molar refractivity (Wildman–Crippen MR) is 86.8 cm³/mol. The van der Waals surface area contributed by atoms with Gasteiger partial charge in [0.1, 0.15) is 5.69 Å². The summed E-state index contributed by atoms with van der Waals surface area (Å²) in [5.74, 6) is -0.243. The number of aromatic nitrogens is 2. The molecule has 0 aliphatic carbocycles. The van der Waals surface area contributed by atoms with Gasteiger partial charge in [-0.15, -0.1) is 22.7 Å². The number of nitrogens with one attached hydrogen (secondary N) is 1. The number of carbonyl (C=O) groups excluding carboxylic acids is 1. The minimum atomic E-state index is -0.243. The second-order valence-electron chi connectivity index (χ2n) is 4.37. The van der Waals surface area contributed by atoms with E-state index >= 15 is 0 Å². The Hall–Kier alpha value is -2.25. The maximum Gasteiger partial charge on any atom is 0.276 e. The zero-order chi connectivity index (χ0) is 14.8. The van der Waals surface area contributed by atoms with Crippen molar-refractivity contribution in [3.05, 3.63) is 45.7 Å². The molecule has 1 aromatic carbocycles. The van der Waals surface area contributed by atoms with Gasteiger partial charge in [-0.05, 0) is 19.1 Å². The number of aryl methyl sites for hydroxylation is 1. The van der Waals surface area contributed by atoms with Gasteiger partial charge in [0.2, 0.25) is 0 Å². The van der Waals surface area contributed by atoms with Crippen LogP contribution in [0.2, 0.25) is 0 Å². The number of rotatable bonds is 3. The van der Waals surface area contributed by atoms with Crippen LogP contribution in [-0.2, 0) is 0 Å². The molecule has 0 spiro atoms. The number of thiazole rings is 2. The monoisotopic (exact) mass is 316 g/mol. The van der Waals surface area contributed by atoms with Gasteiger partial charge in [-0.1, -0.05) is 12.1 Å². The van der Waals surface area contributed by atoms with Crippen molar-refractivity contribution in [2.24, 2.45) is 0 Å². The summed E-state index contributed by atoms with van der Waals surface area (Å²) in [7, 11) is 0. The van der Waals surface area contributed by atoms with E-state index in [4.69, 9.17) is 5.73 Å². The van der Waals surface area contributed by atoms with Gasteiger partial charge in [0.25, 0.3) is 5.91 Å². The minimum Gasteiger partial charge on any atom is -0.399 e. The van der Waals surface area contributed by atoms with Crippen molar-refractivity contribution in [2.75, 3.05) is 11.1 Å². The van der Waals surface area contributed by atoms with E-state index in [0.717, 1.165) is 16.3 Å². The Morgan fingerprint density at radius 1 is 1.24 bits per heavy atom. The summed E-state index contributed by atoms with van der Waals surface area (Å²) in [6.07, 6.45) is 0. The largest absolute Gasteiger partial charge is 0.399 e. The van der Waals surface area contributed by atoms with Crippen LogP contribution in [0, 0.1) is 6.92 Å². The smallest absolute Gasteiger partial charge is 0.276 e. The van der Waals surface area contributed by atoms with Crippen LogP contribution in [0.3, 0.4) is 0 Å². The number of nitrogen functional groups attached to an aromatic ring is 1. The lowest BCUT2D eigenvalue weighted by Gasteiger charge is -1.99. The molecule has 0 aliphatic rings. The zero-order valence-electron chi connectivity index (χ0n) is 11.2. The van der Waals surface area contributed by atoms with Gasteiger partial charge in [0.15, 0.2) is 5.13 Å². The quantitative estimate of drug-likeness (QED) is 0.726. The molecule has 3 rings (SSSR count). The normalized spacial score (nSPS) is 10.5. The number of nitrogens with two attached hydrogens (primary N) is 1. The van der Waals surface area contributed by atoms with Gasteiger partial charge in [-0.2, -0.15) is 0 Å². The van der Waals surface area contributed by atoms with E-state index in [0.29, 0.717) is 16.5 Å². The van der Waals surface area contributed by atoms with Crippen molar-refractivity contribution < 1.29 is 4.79 Å². The van der Waals surface area contributed by atoms with E-state index < -0.39 is 0 Å². The first-order valence-electron chi connectivity index (χ1n) is 6.17. The topological polar surface area (TPSA) is 80.9 Å². The number of hydrogen-bond acceptors (Lipinski definition) is 6. The van der Waals surface area contributed by atoms with Gasteiger partial charge in [-0.25, -0.2) is 9.97 Å². The lowest BCUT2D eigenvalue weighted by atomic mass is 10.1. The van der Waals surface area contributed by atoms with Crippen LogP contribution in [0.1, 0.15) is 15.5 Å². The van der Waals surface area contributed by atoms with Crippen LogP contribution in [-0.4, -0.2) is 15.9 Å². The summed E-state index contributed by atoms with van der Waals surface area (Å²) in [4.78, 5) is 20.6. The number of carbonyl (C=O) groups is 1. The van der Waals surface area contributed by atoms with Crippen molar-refractivity contribution in [2.45, 2.75) is 6.92 Å². The Balaban J connectivity index is 1.78. The molecule has 7 heteroatoms. The molecule has 0 unspecified atom stereocenters. The molecule has 5 nitrogen and oxygen atoms in total. The number of anilines is 2. The average Bonchev–Trinajstić information content (AvgIpc) is 3.08. The van der Waals surface area contributed by atoms with E-state index in [2.05, 4.69) is 15.3 Å². The average molecular weight is 316 g/mol. The van der Waals surface area contributed by atoms with Gasteiger partial charge in [0.05, 0.1) is 10.7 Å². The molecule has 3 aromatic rings. The van der Waals surface area contributed by atoms with Crippen LogP contribution in [0.25, 0.3) is 11.3 Å². The fourth-order valence-electron chi connectivity index (χ4n) is 1.79. The summed E-state index contributed by atoms with van der Waals surface area (Å²) < 4.78 is 0. The standard InChI is InChI=1S/C14H12N4OS2/c1-8-16-12(7-20-8)13(19)18-14-17-11(6-21-14)9-3-2-4-10(15)5-9/h2-7H,15H2,1H3,(H,17,18,19). The number of amides is 1. The molecule has 0 saturated heterocycles. The fourth-order valence-corrected chi connectivity index (χ4v) is 3.10. The van der Waals surface area contributed by atoms with Crippen LogP contribution in [0.5, 0.6) is 0 Å². The third-order valence-electron chi connectivity index (χ3n) is 2.76. The Morgan fingerprint density at radius 2 is 2.10 bits per heavy atom. The Kier molecular flexibility index (Phi) is 3.68. The summed E-state index contributed by atoms with van der Waals surface area (Å²) >= 11 is 2.82. The Morgan fingerprint density at radius 3 is 2.81 bits per heavy atom. The van der Waals surface area contributed by atoms with E-state index in [1.807, 2.05) is 36.6 Å². The van der Waals surface area contributed by atoms with Gasteiger partial charge in [-0.3, -0.25) is 10.1 Å². The molecule has 0 radical (unpaired) electrons. The molecule has 2 heterocycles. The molecule has 0 atom stereocenters. The first kappa shape index (κ1) is 13.7. The lowest BCUT2D eigenvalue weighted by molar-refractivity contribution is 0.102. The molecule has 3 N–H and O–H groups in total. The second-order valence-corrected chi connectivity index (χ2v) is 6.29. The summed E-state index contributed by atoms with van der Waals surface area (Å²) in [6, 6.07) is 7.48. The van der Waals surface area contributed by atoms with Crippen molar-refractivity contribution in [3.8, 4) is 11.3 Å². The second kappa shape index (κ2) is 5.63. The highest BCUT2D eigenvalue weighted by Crippen LogP contribution is 2.26. The van der Waals surface area contributed by atoms with Crippen molar-refractivity contribution >= 4 is 39.4 Å².